The molecule has 2 aromatic carbocycles. The van der Waals surface area contributed by atoms with Crippen molar-refractivity contribution in [2.75, 3.05) is 19.1 Å². The van der Waals surface area contributed by atoms with Crippen LogP contribution < -0.4 is 9.64 Å². The summed E-state index contributed by atoms with van der Waals surface area (Å²) in [6.07, 6.45) is 5.17. The van der Waals surface area contributed by atoms with Crippen molar-refractivity contribution >= 4 is 64.3 Å². The van der Waals surface area contributed by atoms with E-state index >= 15 is 0 Å². The van der Waals surface area contributed by atoms with E-state index in [1.54, 1.807) is 30.4 Å². The highest BCUT2D eigenvalue weighted by Gasteiger charge is 2.75. The molecule has 2 aliphatic heterocycles. The van der Waals surface area contributed by atoms with E-state index in [0.29, 0.717) is 11.1 Å². The van der Waals surface area contributed by atoms with Gasteiger partial charge in [0.2, 0.25) is 11.8 Å². The second kappa shape index (κ2) is 9.92. The Morgan fingerprint density at radius 3 is 2.40 bits per heavy atom. The van der Waals surface area contributed by atoms with E-state index in [-0.39, 0.29) is 35.7 Å². The van der Waals surface area contributed by atoms with E-state index in [1.807, 2.05) is 0 Å². The molecule has 1 N–H and O–H groups in total. The number of benzene rings is 2. The van der Waals surface area contributed by atoms with Crippen LogP contribution in [-0.2, 0) is 19.2 Å². The zero-order chi connectivity index (χ0) is 31.0. The summed E-state index contributed by atoms with van der Waals surface area (Å²) in [6.45, 7) is 0. The SMILES string of the molecule is COc1cc(C=C[C@H]2C3=CC[C@@H]4C(=O)N(c5ccc([N+](=O)[O-])cc5)C(=O)[C@@H]4[C@@H]3C[C@@]3(Cl)C(=O)N(C)C(=O)[C@@]23Cl)ccc1O. The average Bonchev–Trinajstić information content (AvgIpc) is 3.32. The number of allylic oxidation sites excluding steroid dienone is 3. The third-order valence-electron chi connectivity index (χ3n) is 9.07. The number of fused-ring (bicyclic) bond motifs is 4. The number of nitro groups is 1. The van der Waals surface area contributed by atoms with E-state index in [2.05, 4.69) is 0 Å². The van der Waals surface area contributed by atoms with Crippen LogP contribution in [0, 0.1) is 33.8 Å². The van der Waals surface area contributed by atoms with E-state index < -0.39 is 62.0 Å². The zero-order valence-electron chi connectivity index (χ0n) is 22.9. The first kappa shape index (κ1) is 28.9. The van der Waals surface area contributed by atoms with Gasteiger partial charge in [0.15, 0.2) is 21.2 Å². The maximum absolute atomic E-state index is 13.9. The lowest BCUT2D eigenvalue weighted by Crippen LogP contribution is -2.60. The number of phenols is 1. The Balaban J connectivity index is 1.43. The van der Waals surface area contributed by atoms with Crippen LogP contribution in [0.15, 0.2) is 60.2 Å². The second-order valence-electron chi connectivity index (χ2n) is 11.1. The Morgan fingerprint density at radius 2 is 1.74 bits per heavy atom. The average molecular weight is 626 g/mol. The van der Waals surface area contributed by atoms with Crippen molar-refractivity contribution in [2.24, 2.45) is 23.7 Å². The van der Waals surface area contributed by atoms with Crippen molar-refractivity contribution in [1.82, 2.24) is 4.90 Å². The van der Waals surface area contributed by atoms with Gasteiger partial charge in [-0.05, 0) is 48.6 Å². The lowest BCUT2D eigenvalue weighted by Gasteiger charge is -2.49. The first-order valence-electron chi connectivity index (χ1n) is 13.4. The van der Waals surface area contributed by atoms with E-state index in [1.165, 1.54) is 44.5 Å². The predicted molar refractivity (Wildman–Crippen MR) is 156 cm³/mol. The molecule has 2 aliphatic carbocycles. The largest absolute Gasteiger partial charge is 0.504 e. The Bertz CT molecular complexity index is 1670. The summed E-state index contributed by atoms with van der Waals surface area (Å²) < 4.78 is 5.19. The van der Waals surface area contributed by atoms with Crippen LogP contribution in [0.2, 0.25) is 0 Å². The Labute approximate surface area is 255 Å². The molecule has 4 aliphatic rings. The first-order chi connectivity index (χ1) is 20.3. The van der Waals surface area contributed by atoms with Crippen LogP contribution in [-0.4, -0.2) is 62.5 Å². The number of anilines is 1. The topological polar surface area (TPSA) is 147 Å². The predicted octanol–water partition coefficient (Wildman–Crippen LogP) is 4.05. The number of hydrogen-bond acceptors (Lipinski definition) is 8. The number of nitrogens with zero attached hydrogens (tertiary/aromatic N) is 3. The Morgan fingerprint density at radius 1 is 1.05 bits per heavy atom. The molecular formula is C30H25Cl2N3O8. The molecule has 1 saturated carbocycles. The van der Waals surface area contributed by atoms with Crippen LogP contribution in [0.3, 0.4) is 0 Å². The van der Waals surface area contributed by atoms with Gasteiger partial charge < -0.3 is 9.84 Å². The van der Waals surface area contributed by atoms with Crippen LogP contribution in [0.25, 0.3) is 6.08 Å². The number of carbonyl (C=O) groups is 4. The van der Waals surface area contributed by atoms with Crippen molar-refractivity contribution in [3.8, 4) is 11.5 Å². The molecule has 43 heavy (non-hydrogen) atoms. The van der Waals surface area contributed by atoms with Crippen LogP contribution in [0.1, 0.15) is 18.4 Å². The van der Waals surface area contributed by atoms with Gasteiger partial charge in [0.05, 0.1) is 29.6 Å². The fraction of sp³-hybridized carbons (Fsp3) is 0.333. The standard InChI is InChI=1S/C30H25Cl2N3O8/c1-33-27(39)29(31)14-20-18(21(30(29,32)28(33)40)11-3-15-4-12-22(36)23(13-15)43-2)9-10-19-24(20)26(38)34(25(19)37)16-5-7-17(8-6-16)35(41)42/h3-9,11-13,19-21,24,36H,10,14H2,1-2H3/t19-,20+,21-,24-,29+,30-/m0/s1. The number of methoxy groups -OCH3 is 1. The molecule has 6 rings (SSSR count). The van der Waals surface area contributed by atoms with E-state index in [0.717, 1.165) is 9.80 Å². The number of likely N-dealkylation sites (tertiary alicyclic amines) is 1. The highest BCUT2D eigenvalue weighted by molar-refractivity contribution is 6.53. The molecule has 4 amide bonds. The molecule has 6 atom stereocenters. The van der Waals surface area contributed by atoms with E-state index in [4.69, 9.17) is 27.9 Å². The minimum atomic E-state index is -1.91. The first-order valence-corrected chi connectivity index (χ1v) is 14.2. The summed E-state index contributed by atoms with van der Waals surface area (Å²) in [7, 11) is 2.72. The lowest BCUT2D eigenvalue weighted by atomic mass is 9.57. The second-order valence-corrected chi connectivity index (χ2v) is 12.4. The molecular weight excluding hydrogens is 601 g/mol. The monoisotopic (exact) mass is 625 g/mol. The quantitative estimate of drug-likeness (QED) is 0.172. The molecule has 2 heterocycles. The van der Waals surface area contributed by atoms with Gasteiger partial charge in [-0.2, -0.15) is 0 Å². The number of alkyl halides is 2. The normalized spacial score (nSPS) is 31.7. The number of ether oxygens (including phenoxy) is 1. The number of non-ortho nitro benzene ring substituents is 1. The molecule has 0 radical (unpaired) electrons. The number of hydrogen-bond donors (Lipinski definition) is 1. The van der Waals surface area contributed by atoms with Crippen LogP contribution in [0.4, 0.5) is 11.4 Å². The smallest absolute Gasteiger partial charge is 0.269 e. The number of nitro benzene ring substituents is 1. The molecule has 13 heteroatoms. The van der Waals surface area contributed by atoms with Gasteiger partial charge in [0.25, 0.3) is 17.5 Å². The minimum Gasteiger partial charge on any atom is -0.504 e. The summed E-state index contributed by atoms with van der Waals surface area (Å²) >= 11 is 14.2. The van der Waals surface area contributed by atoms with Gasteiger partial charge in [-0.1, -0.05) is 29.9 Å². The van der Waals surface area contributed by atoms with Crippen LogP contribution >= 0.6 is 23.2 Å². The van der Waals surface area contributed by atoms with Gasteiger partial charge in [0, 0.05) is 25.1 Å². The maximum atomic E-state index is 13.9. The van der Waals surface area contributed by atoms with Crippen molar-refractivity contribution in [1.29, 1.82) is 0 Å². The van der Waals surface area contributed by atoms with Crippen molar-refractivity contribution in [3.05, 3.63) is 75.9 Å². The summed E-state index contributed by atoms with van der Waals surface area (Å²) in [5.41, 5.74) is 1.24. The van der Waals surface area contributed by atoms with Crippen LogP contribution in [0.5, 0.6) is 11.5 Å². The van der Waals surface area contributed by atoms with Gasteiger partial charge in [-0.15, -0.1) is 23.2 Å². The molecule has 222 valence electrons. The number of aromatic hydroxyl groups is 1. The number of halogens is 2. The Kier molecular flexibility index (Phi) is 6.66. The molecule has 0 unspecified atom stereocenters. The summed E-state index contributed by atoms with van der Waals surface area (Å²) in [5, 5.41) is 21.1. The fourth-order valence-electron chi connectivity index (χ4n) is 6.98. The van der Waals surface area contributed by atoms with Crippen molar-refractivity contribution < 1.29 is 33.9 Å². The number of amides is 4. The molecule has 2 saturated heterocycles. The third-order valence-corrected chi connectivity index (χ3v) is 10.5. The van der Waals surface area contributed by atoms with Crippen molar-refractivity contribution in [2.45, 2.75) is 22.6 Å². The lowest BCUT2D eigenvalue weighted by molar-refractivity contribution is -0.384. The maximum Gasteiger partial charge on any atom is 0.269 e. The zero-order valence-corrected chi connectivity index (χ0v) is 24.4. The van der Waals surface area contributed by atoms with Gasteiger partial charge >= 0.3 is 0 Å². The number of carbonyl (C=O) groups excluding carboxylic acids is 4. The van der Waals surface area contributed by atoms with E-state index in [9.17, 15) is 34.4 Å². The molecule has 3 fully saturated rings. The fourth-order valence-corrected chi connectivity index (χ4v) is 7.95. The van der Waals surface area contributed by atoms with Crippen molar-refractivity contribution in [3.63, 3.8) is 0 Å². The number of phenolic OH excluding ortho intramolecular Hbond substituents is 1. The van der Waals surface area contributed by atoms with Gasteiger partial charge in [-0.25, -0.2) is 0 Å². The summed E-state index contributed by atoms with van der Waals surface area (Å²) in [5.74, 6) is -5.44. The molecule has 0 bridgehead atoms. The highest BCUT2D eigenvalue weighted by Crippen LogP contribution is 2.63. The minimum absolute atomic E-state index is 0.0628. The number of imide groups is 2. The molecule has 2 aromatic rings. The molecule has 11 nitrogen and oxygen atoms in total. The third kappa shape index (κ3) is 3.94. The Hall–Kier alpha value is -4.22. The summed E-state index contributed by atoms with van der Waals surface area (Å²) in [6, 6.07) is 9.79. The molecule has 0 aromatic heterocycles. The van der Waals surface area contributed by atoms with Gasteiger partial charge in [0.1, 0.15) is 0 Å². The molecule has 0 spiro atoms. The summed E-state index contributed by atoms with van der Waals surface area (Å²) in [4.78, 5) is 63.2. The van der Waals surface area contributed by atoms with Gasteiger partial charge in [-0.3, -0.25) is 39.1 Å². The number of rotatable bonds is 5. The highest BCUT2D eigenvalue weighted by atomic mass is 35.5.